The summed E-state index contributed by atoms with van der Waals surface area (Å²) >= 11 is 3.36. The van der Waals surface area contributed by atoms with E-state index in [1.165, 1.54) is 6.07 Å². The molecule has 0 spiro atoms. The Labute approximate surface area is 120 Å². The predicted molar refractivity (Wildman–Crippen MR) is 77.6 cm³/mol. The average molecular weight is 324 g/mol. The molecule has 0 radical (unpaired) electrons. The van der Waals surface area contributed by atoms with Crippen molar-refractivity contribution in [3.05, 3.63) is 63.9 Å². The number of hydrogen-bond acceptors (Lipinski definition) is 2. The van der Waals surface area contributed by atoms with Crippen molar-refractivity contribution in [1.82, 2.24) is 0 Å². The van der Waals surface area contributed by atoms with E-state index < -0.39 is 0 Å². The van der Waals surface area contributed by atoms with Crippen molar-refractivity contribution < 1.29 is 9.13 Å². The molecule has 0 amide bonds. The van der Waals surface area contributed by atoms with E-state index in [-0.39, 0.29) is 11.6 Å². The highest BCUT2D eigenvalue weighted by atomic mass is 79.9. The summed E-state index contributed by atoms with van der Waals surface area (Å²) in [6.07, 6.45) is 0.671. The first-order valence-corrected chi connectivity index (χ1v) is 6.84. The number of hydrogen-bond donors (Lipinski definition) is 1. The molecule has 0 aliphatic heterocycles. The monoisotopic (exact) mass is 323 g/mol. The van der Waals surface area contributed by atoms with E-state index >= 15 is 0 Å². The lowest BCUT2D eigenvalue weighted by atomic mass is 10.1. The summed E-state index contributed by atoms with van der Waals surface area (Å²) in [6, 6.07) is 12.7. The van der Waals surface area contributed by atoms with E-state index in [1.54, 1.807) is 6.07 Å². The Hall–Kier alpha value is -1.39. The van der Waals surface area contributed by atoms with Gasteiger partial charge >= 0.3 is 0 Å². The average Bonchev–Trinajstić information content (AvgIpc) is 2.40. The van der Waals surface area contributed by atoms with Crippen molar-refractivity contribution in [2.24, 2.45) is 5.73 Å². The smallest absolute Gasteiger partial charge is 0.165 e. The summed E-state index contributed by atoms with van der Waals surface area (Å²) in [5.41, 5.74) is 7.32. The largest absolute Gasteiger partial charge is 0.486 e. The van der Waals surface area contributed by atoms with Crippen LogP contribution < -0.4 is 10.5 Å². The summed E-state index contributed by atoms with van der Waals surface area (Å²) in [5.74, 6) is -0.0771. The summed E-state index contributed by atoms with van der Waals surface area (Å²) in [4.78, 5) is 0. The molecule has 2 aromatic carbocycles. The minimum atomic E-state index is -0.344. The van der Waals surface area contributed by atoms with Crippen LogP contribution in [-0.4, -0.2) is 6.54 Å². The van der Waals surface area contributed by atoms with Gasteiger partial charge in [-0.25, -0.2) is 4.39 Å². The van der Waals surface area contributed by atoms with E-state index in [9.17, 15) is 4.39 Å². The quantitative estimate of drug-likeness (QED) is 0.911. The second-order valence-electron chi connectivity index (χ2n) is 4.22. The highest BCUT2D eigenvalue weighted by molar-refractivity contribution is 9.10. The molecule has 0 saturated heterocycles. The van der Waals surface area contributed by atoms with Crippen LogP contribution in [0.25, 0.3) is 0 Å². The van der Waals surface area contributed by atoms with Crippen molar-refractivity contribution in [3.8, 4) is 5.75 Å². The van der Waals surface area contributed by atoms with Gasteiger partial charge in [0.25, 0.3) is 0 Å². The molecule has 0 aliphatic rings. The Bertz CT molecular complexity index is 542. The first-order chi connectivity index (χ1) is 9.19. The number of rotatable bonds is 5. The Kier molecular flexibility index (Phi) is 4.93. The Morgan fingerprint density at radius 3 is 2.37 bits per heavy atom. The molecule has 0 bridgehead atoms. The van der Waals surface area contributed by atoms with Crippen LogP contribution in [0.1, 0.15) is 11.1 Å². The minimum Gasteiger partial charge on any atom is -0.486 e. The van der Waals surface area contributed by atoms with Crippen molar-refractivity contribution in [1.29, 1.82) is 0 Å². The standard InChI is InChI=1S/C15H15BrFNO/c16-13-4-1-12(2-5-13)10-19-15-6-3-11(7-8-18)9-14(15)17/h1-6,9H,7-8,10,18H2. The zero-order chi connectivity index (χ0) is 13.7. The maximum atomic E-state index is 13.8. The Morgan fingerprint density at radius 2 is 1.74 bits per heavy atom. The fourth-order valence-electron chi connectivity index (χ4n) is 1.73. The number of ether oxygens (including phenoxy) is 1. The van der Waals surface area contributed by atoms with Crippen molar-refractivity contribution in [3.63, 3.8) is 0 Å². The van der Waals surface area contributed by atoms with E-state index in [4.69, 9.17) is 10.5 Å². The lowest BCUT2D eigenvalue weighted by Crippen LogP contribution is -2.03. The van der Waals surface area contributed by atoms with Gasteiger partial charge in [0, 0.05) is 4.47 Å². The number of benzene rings is 2. The van der Waals surface area contributed by atoms with Crippen molar-refractivity contribution >= 4 is 15.9 Å². The zero-order valence-electron chi connectivity index (χ0n) is 10.4. The Morgan fingerprint density at radius 1 is 1.05 bits per heavy atom. The van der Waals surface area contributed by atoms with Crippen LogP contribution in [0.4, 0.5) is 4.39 Å². The van der Waals surface area contributed by atoms with Gasteiger partial charge in [0.2, 0.25) is 0 Å². The van der Waals surface area contributed by atoms with Crippen LogP contribution in [-0.2, 0) is 13.0 Å². The molecular weight excluding hydrogens is 309 g/mol. The molecular formula is C15H15BrFNO. The van der Waals surface area contributed by atoms with Gasteiger partial charge in [0.1, 0.15) is 6.61 Å². The van der Waals surface area contributed by atoms with E-state index in [1.807, 2.05) is 30.3 Å². The SMILES string of the molecule is NCCc1ccc(OCc2ccc(Br)cc2)c(F)c1. The lowest BCUT2D eigenvalue weighted by Gasteiger charge is -2.08. The molecule has 2 rings (SSSR count). The van der Waals surface area contributed by atoms with Gasteiger partial charge in [0.05, 0.1) is 0 Å². The van der Waals surface area contributed by atoms with Gasteiger partial charge in [-0.05, 0) is 48.4 Å². The van der Waals surface area contributed by atoms with E-state index in [0.717, 1.165) is 15.6 Å². The molecule has 2 aromatic rings. The third kappa shape index (κ3) is 4.04. The van der Waals surface area contributed by atoms with Crippen LogP contribution in [0, 0.1) is 5.82 Å². The summed E-state index contributed by atoms with van der Waals surface area (Å²) in [6.45, 7) is 0.860. The van der Waals surface area contributed by atoms with Crippen LogP contribution >= 0.6 is 15.9 Å². The molecule has 0 fully saturated rings. The predicted octanol–water partition coefficient (Wildman–Crippen LogP) is 3.67. The summed E-state index contributed by atoms with van der Waals surface area (Å²) in [5, 5.41) is 0. The molecule has 4 heteroatoms. The lowest BCUT2D eigenvalue weighted by molar-refractivity contribution is 0.290. The topological polar surface area (TPSA) is 35.2 Å². The molecule has 0 atom stereocenters. The Balaban J connectivity index is 2.01. The van der Waals surface area contributed by atoms with Gasteiger partial charge in [-0.3, -0.25) is 0 Å². The minimum absolute atomic E-state index is 0.267. The first kappa shape index (κ1) is 14.0. The molecule has 0 aliphatic carbocycles. The molecule has 100 valence electrons. The highest BCUT2D eigenvalue weighted by Gasteiger charge is 2.05. The molecule has 0 saturated carbocycles. The molecule has 2 N–H and O–H groups in total. The van der Waals surface area contributed by atoms with Gasteiger partial charge in [-0.1, -0.05) is 34.1 Å². The normalized spacial score (nSPS) is 10.5. The van der Waals surface area contributed by atoms with Gasteiger partial charge < -0.3 is 10.5 Å². The van der Waals surface area contributed by atoms with Gasteiger partial charge in [-0.15, -0.1) is 0 Å². The van der Waals surface area contributed by atoms with Crippen LogP contribution in [0.15, 0.2) is 46.9 Å². The van der Waals surface area contributed by atoms with Crippen molar-refractivity contribution in [2.45, 2.75) is 13.0 Å². The van der Waals surface area contributed by atoms with Crippen LogP contribution in [0.3, 0.4) is 0 Å². The third-order valence-corrected chi connectivity index (χ3v) is 3.27. The first-order valence-electron chi connectivity index (χ1n) is 6.05. The zero-order valence-corrected chi connectivity index (χ0v) is 12.0. The maximum absolute atomic E-state index is 13.8. The van der Waals surface area contributed by atoms with Crippen LogP contribution in [0.5, 0.6) is 5.75 Å². The van der Waals surface area contributed by atoms with E-state index in [0.29, 0.717) is 19.6 Å². The number of halogens is 2. The molecule has 2 nitrogen and oxygen atoms in total. The third-order valence-electron chi connectivity index (χ3n) is 2.74. The maximum Gasteiger partial charge on any atom is 0.165 e. The molecule has 0 aromatic heterocycles. The summed E-state index contributed by atoms with van der Waals surface area (Å²) < 4.78 is 20.2. The fourth-order valence-corrected chi connectivity index (χ4v) is 1.99. The van der Waals surface area contributed by atoms with Crippen molar-refractivity contribution in [2.75, 3.05) is 6.54 Å². The van der Waals surface area contributed by atoms with E-state index in [2.05, 4.69) is 15.9 Å². The van der Waals surface area contributed by atoms with Crippen LogP contribution in [0.2, 0.25) is 0 Å². The molecule has 19 heavy (non-hydrogen) atoms. The summed E-state index contributed by atoms with van der Waals surface area (Å²) in [7, 11) is 0. The van der Waals surface area contributed by atoms with Gasteiger partial charge in [0.15, 0.2) is 11.6 Å². The second-order valence-corrected chi connectivity index (χ2v) is 5.13. The second kappa shape index (κ2) is 6.68. The highest BCUT2D eigenvalue weighted by Crippen LogP contribution is 2.20. The fraction of sp³-hybridized carbons (Fsp3) is 0.200. The number of nitrogens with two attached hydrogens (primary N) is 1. The van der Waals surface area contributed by atoms with Gasteiger partial charge in [-0.2, -0.15) is 0 Å². The molecule has 0 unspecified atom stereocenters. The molecule has 0 heterocycles.